The van der Waals surface area contributed by atoms with E-state index in [0.717, 1.165) is 28.7 Å². The lowest BCUT2D eigenvalue weighted by Gasteiger charge is -2.27. The topological polar surface area (TPSA) is 100.0 Å². The van der Waals surface area contributed by atoms with E-state index in [0.29, 0.717) is 25.1 Å². The molecule has 1 aliphatic heterocycles. The molecular formula is C23H19F3N6O2. The van der Waals surface area contributed by atoms with Crippen LogP contribution < -0.4 is 10.2 Å². The molecule has 0 radical (unpaired) electrons. The molecule has 4 aromatic rings. The van der Waals surface area contributed by atoms with Crippen LogP contribution in [-0.2, 0) is 25.7 Å². The molecule has 0 bridgehead atoms. The number of H-pyrrole nitrogens is 1. The summed E-state index contributed by atoms with van der Waals surface area (Å²) in [5.41, 5.74) is 2.39. The number of hydrogen-bond donors (Lipinski definition) is 2. The first-order valence-corrected chi connectivity index (χ1v) is 10.5. The van der Waals surface area contributed by atoms with Gasteiger partial charge in [-0.2, -0.15) is 13.2 Å². The largest absolute Gasteiger partial charge is 0.416 e. The van der Waals surface area contributed by atoms with Gasteiger partial charge in [0.15, 0.2) is 0 Å². The van der Waals surface area contributed by atoms with Crippen LogP contribution in [0.3, 0.4) is 0 Å². The molecular weight excluding hydrogens is 449 g/mol. The van der Waals surface area contributed by atoms with E-state index in [1.807, 2.05) is 29.2 Å². The number of halogens is 3. The van der Waals surface area contributed by atoms with E-state index in [9.17, 15) is 23.3 Å². The van der Waals surface area contributed by atoms with Gasteiger partial charge in [0, 0.05) is 29.7 Å². The zero-order chi connectivity index (χ0) is 23.9. The van der Waals surface area contributed by atoms with Gasteiger partial charge < -0.3 is 15.2 Å². The number of para-hydroxylation sites is 1. The molecule has 5 rings (SSSR count). The summed E-state index contributed by atoms with van der Waals surface area (Å²) >= 11 is 0. The highest BCUT2D eigenvalue weighted by molar-refractivity contribution is 5.85. The number of nitrogens with one attached hydrogen (secondary N) is 2. The Morgan fingerprint density at radius 3 is 2.76 bits per heavy atom. The Kier molecular flexibility index (Phi) is 5.31. The Morgan fingerprint density at radius 1 is 1.15 bits per heavy atom. The summed E-state index contributed by atoms with van der Waals surface area (Å²) in [5.74, 6) is 0.116. The number of alkyl halides is 3. The summed E-state index contributed by atoms with van der Waals surface area (Å²) in [6.45, 7) is 0.877. The molecule has 0 spiro atoms. The fraction of sp³-hybridized carbons (Fsp3) is 0.217. The van der Waals surface area contributed by atoms with Crippen molar-refractivity contribution in [3.63, 3.8) is 0 Å². The van der Waals surface area contributed by atoms with Gasteiger partial charge in [0.2, 0.25) is 11.6 Å². The maximum absolute atomic E-state index is 13.0. The Hall–Kier alpha value is -4.15. The van der Waals surface area contributed by atoms with E-state index in [4.69, 9.17) is 0 Å². The van der Waals surface area contributed by atoms with Crippen molar-refractivity contribution in [3.05, 3.63) is 87.4 Å². The van der Waals surface area contributed by atoms with Crippen LogP contribution in [-0.4, -0.2) is 26.4 Å². The normalized spacial score (nSPS) is 13.7. The monoisotopic (exact) mass is 468 g/mol. The zero-order valence-electron chi connectivity index (χ0n) is 17.8. The first-order chi connectivity index (χ1) is 16.3. The first kappa shape index (κ1) is 21.7. The molecule has 0 fully saturated rings. The number of aromatic amines is 1. The average molecular weight is 468 g/mol. The summed E-state index contributed by atoms with van der Waals surface area (Å²) < 4.78 is 39.0. The van der Waals surface area contributed by atoms with E-state index >= 15 is 0 Å². The van der Waals surface area contributed by atoms with Crippen molar-refractivity contribution in [2.75, 3.05) is 16.8 Å². The van der Waals surface area contributed by atoms with Crippen LogP contribution in [0.5, 0.6) is 0 Å². The molecule has 3 heterocycles. The quantitative estimate of drug-likeness (QED) is 0.314. The highest BCUT2D eigenvalue weighted by atomic mass is 19.4. The van der Waals surface area contributed by atoms with Gasteiger partial charge in [-0.05, 0) is 35.7 Å². The van der Waals surface area contributed by atoms with Crippen LogP contribution in [0.25, 0.3) is 10.9 Å². The maximum Gasteiger partial charge on any atom is 0.416 e. The molecule has 2 aromatic heterocycles. The summed E-state index contributed by atoms with van der Waals surface area (Å²) in [6, 6.07) is 12.7. The number of aromatic nitrogens is 3. The SMILES string of the molecule is O=[N+]([O-])c1c(NCc2cccc(C(F)(F)F)c2)ncnc1N1CCc2c([nH]c3ccccc23)C1. The van der Waals surface area contributed by atoms with Gasteiger partial charge in [-0.3, -0.25) is 10.1 Å². The lowest BCUT2D eigenvalue weighted by molar-refractivity contribution is -0.383. The van der Waals surface area contributed by atoms with Crippen LogP contribution in [0, 0.1) is 10.1 Å². The van der Waals surface area contributed by atoms with E-state index in [-0.39, 0.29) is 23.9 Å². The third-order valence-corrected chi connectivity index (χ3v) is 5.88. The Labute approximate surface area is 191 Å². The number of anilines is 2. The molecule has 0 aliphatic carbocycles. The van der Waals surface area contributed by atoms with Gasteiger partial charge in [0.05, 0.1) is 17.0 Å². The van der Waals surface area contributed by atoms with Crippen LogP contribution in [0.15, 0.2) is 54.9 Å². The molecule has 2 aromatic carbocycles. The predicted octanol–water partition coefficient (Wildman–Crippen LogP) is 5.06. The zero-order valence-corrected chi connectivity index (χ0v) is 17.8. The van der Waals surface area contributed by atoms with Gasteiger partial charge >= 0.3 is 11.9 Å². The second-order valence-corrected chi connectivity index (χ2v) is 8.00. The van der Waals surface area contributed by atoms with Gasteiger partial charge in [-0.25, -0.2) is 9.97 Å². The average Bonchev–Trinajstić information content (AvgIpc) is 3.20. The van der Waals surface area contributed by atoms with Crippen LogP contribution in [0.1, 0.15) is 22.4 Å². The highest BCUT2D eigenvalue weighted by Crippen LogP contribution is 2.36. The molecule has 0 unspecified atom stereocenters. The van der Waals surface area contributed by atoms with E-state index in [2.05, 4.69) is 20.3 Å². The molecule has 0 atom stereocenters. The third kappa shape index (κ3) is 4.00. The van der Waals surface area contributed by atoms with Crippen molar-refractivity contribution < 1.29 is 18.1 Å². The number of hydrogen-bond acceptors (Lipinski definition) is 6. The van der Waals surface area contributed by atoms with Crippen LogP contribution >= 0.6 is 0 Å². The Morgan fingerprint density at radius 2 is 1.97 bits per heavy atom. The molecule has 0 amide bonds. The Bertz CT molecular complexity index is 1380. The molecule has 2 N–H and O–H groups in total. The standard InChI is InChI=1S/C23H19F3N6O2/c24-23(25,26)15-5-3-4-14(10-15)11-27-21-20(32(33)34)22(29-13-28-21)31-9-8-17-16-6-1-2-7-18(16)30-19(17)12-31/h1-7,10,13,30H,8-9,11-12H2,(H,27,28,29). The van der Waals surface area contributed by atoms with Gasteiger partial charge in [-0.1, -0.05) is 30.3 Å². The molecule has 174 valence electrons. The summed E-state index contributed by atoms with van der Waals surface area (Å²) in [7, 11) is 0. The number of rotatable bonds is 5. The van der Waals surface area contributed by atoms with Gasteiger partial charge in [0.25, 0.3) is 0 Å². The predicted molar refractivity (Wildman–Crippen MR) is 121 cm³/mol. The number of nitrogens with zero attached hydrogens (tertiary/aromatic N) is 4. The highest BCUT2D eigenvalue weighted by Gasteiger charge is 2.32. The lowest BCUT2D eigenvalue weighted by atomic mass is 10.0. The molecule has 11 heteroatoms. The number of fused-ring (bicyclic) bond motifs is 3. The van der Waals surface area contributed by atoms with Crippen molar-refractivity contribution in [1.29, 1.82) is 0 Å². The molecule has 34 heavy (non-hydrogen) atoms. The van der Waals surface area contributed by atoms with Gasteiger partial charge in [-0.15, -0.1) is 0 Å². The Balaban J connectivity index is 1.42. The number of benzene rings is 2. The van der Waals surface area contributed by atoms with E-state index < -0.39 is 16.7 Å². The minimum atomic E-state index is -4.47. The minimum Gasteiger partial charge on any atom is -0.360 e. The van der Waals surface area contributed by atoms with E-state index in [1.54, 1.807) is 0 Å². The maximum atomic E-state index is 13.0. The lowest BCUT2D eigenvalue weighted by Crippen LogP contribution is -2.31. The van der Waals surface area contributed by atoms with Crippen LogP contribution in [0.2, 0.25) is 0 Å². The second-order valence-electron chi connectivity index (χ2n) is 8.00. The molecule has 1 aliphatic rings. The smallest absolute Gasteiger partial charge is 0.360 e. The minimum absolute atomic E-state index is 0.0464. The van der Waals surface area contributed by atoms with Crippen molar-refractivity contribution in [1.82, 2.24) is 15.0 Å². The number of nitro groups is 1. The third-order valence-electron chi connectivity index (χ3n) is 5.88. The summed E-state index contributed by atoms with van der Waals surface area (Å²) in [4.78, 5) is 24.8. The second kappa shape index (κ2) is 8.32. The molecule has 0 saturated heterocycles. The fourth-order valence-electron chi connectivity index (χ4n) is 4.32. The fourth-order valence-corrected chi connectivity index (χ4v) is 4.32. The summed E-state index contributed by atoms with van der Waals surface area (Å²) in [5, 5.41) is 15.9. The van der Waals surface area contributed by atoms with Crippen molar-refractivity contribution >= 4 is 28.2 Å². The van der Waals surface area contributed by atoms with Crippen LogP contribution in [0.4, 0.5) is 30.5 Å². The van der Waals surface area contributed by atoms with Crippen molar-refractivity contribution in [2.45, 2.75) is 25.7 Å². The molecule has 0 saturated carbocycles. The van der Waals surface area contributed by atoms with E-state index in [1.165, 1.54) is 24.0 Å². The van der Waals surface area contributed by atoms with Crippen molar-refractivity contribution in [2.24, 2.45) is 0 Å². The molecule has 8 nitrogen and oxygen atoms in total. The van der Waals surface area contributed by atoms with Gasteiger partial charge in [0.1, 0.15) is 6.33 Å². The summed E-state index contributed by atoms with van der Waals surface area (Å²) in [6.07, 6.45) is -2.56. The first-order valence-electron chi connectivity index (χ1n) is 10.5. The van der Waals surface area contributed by atoms with Crippen molar-refractivity contribution in [3.8, 4) is 0 Å².